The standard InChI is InChI=1S/C12H13N/c1-2-5-12-8-10-6-3-4-7-11(10)9-13-12/h3-4,6-9H,2,5H2,1H3. The molecule has 0 aliphatic rings. The molecule has 1 aromatic carbocycles. The molecule has 0 fully saturated rings. The van der Waals surface area contributed by atoms with Crippen molar-refractivity contribution in [2.24, 2.45) is 0 Å². The largest absolute Gasteiger partial charge is 0.261 e. The molecular formula is C12H13N. The number of rotatable bonds is 2. The van der Waals surface area contributed by atoms with Crippen molar-refractivity contribution in [1.29, 1.82) is 0 Å². The average Bonchev–Trinajstić information content (AvgIpc) is 2.18. The molecule has 1 heterocycles. The lowest BCUT2D eigenvalue weighted by Gasteiger charge is -2.00. The third-order valence-electron chi connectivity index (χ3n) is 2.19. The summed E-state index contributed by atoms with van der Waals surface area (Å²) < 4.78 is 0. The number of hydrogen-bond acceptors (Lipinski definition) is 1. The number of aryl methyl sites for hydroxylation is 1. The van der Waals surface area contributed by atoms with Crippen LogP contribution < -0.4 is 0 Å². The van der Waals surface area contributed by atoms with Crippen LogP contribution in [0.4, 0.5) is 0 Å². The van der Waals surface area contributed by atoms with Crippen molar-refractivity contribution in [2.75, 3.05) is 0 Å². The molecule has 66 valence electrons. The zero-order valence-electron chi connectivity index (χ0n) is 7.83. The highest BCUT2D eigenvalue weighted by molar-refractivity contribution is 5.81. The molecular weight excluding hydrogens is 158 g/mol. The summed E-state index contributed by atoms with van der Waals surface area (Å²) in [5.41, 5.74) is 1.20. The minimum atomic E-state index is 1.07. The topological polar surface area (TPSA) is 12.9 Å². The Labute approximate surface area is 78.4 Å². The van der Waals surface area contributed by atoms with Crippen LogP contribution in [-0.2, 0) is 6.42 Å². The third kappa shape index (κ3) is 1.69. The number of benzene rings is 1. The van der Waals surface area contributed by atoms with E-state index in [0.29, 0.717) is 0 Å². The van der Waals surface area contributed by atoms with Crippen LogP contribution >= 0.6 is 0 Å². The van der Waals surface area contributed by atoms with E-state index >= 15 is 0 Å². The highest BCUT2D eigenvalue weighted by atomic mass is 14.7. The van der Waals surface area contributed by atoms with Crippen molar-refractivity contribution in [3.05, 3.63) is 42.2 Å². The van der Waals surface area contributed by atoms with Gasteiger partial charge in [0.05, 0.1) is 0 Å². The summed E-state index contributed by atoms with van der Waals surface area (Å²) >= 11 is 0. The van der Waals surface area contributed by atoms with E-state index < -0.39 is 0 Å². The molecule has 0 N–H and O–H groups in total. The van der Waals surface area contributed by atoms with Crippen LogP contribution in [-0.4, -0.2) is 4.98 Å². The lowest BCUT2D eigenvalue weighted by Crippen LogP contribution is -1.87. The molecule has 0 saturated carbocycles. The molecule has 0 amide bonds. The number of fused-ring (bicyclic) bond motifs is 1. The summed E-state index contributed by atoms with van der Waals surface area (Å²) in [6.45, 7) is 2.18. The molecule has 2 aromatic rings. The van der Waals surface area contributed by atoms with Crippen LogP contribution in [0, 0.1) is 0 Å². The van der Waals surface area contributed by atoms with E-state index in [0.717, 1.165) is 12.8 Å². The molecule has 1 heteroatoms. The van der Waals surface area contributed by atoms with E-state index in [4.69, 9.17) is 0 Å². The second-order valence-electron chi connectivity index (χ2n) is 3.27. The van der Waals surface area contributed by atoms with Crippen LogP contribution in [0.15, 0.2) is 36.5 Å². The fourth-order valence-electron chi connectivity index (χ4n) is 1.52. The molecule has 0 spiro atoms. The number of nitrogens with zero attached hydrogens (tertiary/aromatic N) is 1. The summed E-state index contributed by atoms with van der Waals surface area (Å²) in [6, 6.07) is 10.5. The van der Waals surface area contributed by atoms with Crippen LogP contribution in [0.3, 0.4) is 0 Å². The Kier molecular flexibility index (Phi) is 2.26. The maximum absolute atomic E-state index is 4.40. The maximum Gasteiger partial charge on any atom is 0.0409 e. The summed E-state index contributed by atoms with van der Waals surface area (Å²) in [5, 5.41) is 2.52. The number of pyridine rings is 1. The number of aromatic nitrogens is 1. The second kappa shape index (κ2) is 3.56. The highest BCUT2D eigenvalue weighted by Gasteiger charge is 1.95. The van der Waals surface area contributed by atoms with E-state index in [1.807, 2.05) is 12.3 Å². The van der Waals surface area contributed by atoms with Crippen molar-refractivity contribution in [3.63, 3.8) is 0 Å². The molecule has 1 nitrogen and oxygen atoms in total. The van der Waals surface area contributed by atoms with Gasteiger partial charge in [-0.05, 0) is 17.9 Å². The van der Waals surface area contributed by atoms with Gasteiger partial charge in [0.25, 0.3) is 0 Å². The van der Waals surface area contributed by atoms with Crippen LogP contribution in [0.5, 0.6) is 0 Å². The van der Waals surface area contributed by atoms with Gasteiger partial charge in [-0.2, -0.15) is 0 Å². The van der Waals surface area contributed by atoms with Crippen molar-refractivity contribution in [1.82, 2.24) is 4.98 Å². The van der Waals surface area contributed by atoms with Crippen molar-refractivity contribution in [3.8, 4) is 0 Å². The Bertz CT molecular complexity index is 407. The van der Waals surface area contributed by atoms with Crippen molar-refractivity contribution >= 4 is 10.8 Å². The van der Waals surface area contributed by atoms with Gasteiger partial charge in [-0.25, -0.2) is 0 Å². The zero-order valence-corrected chi connectivity index (χ0v) is 7.83. The summed E-state index contributed by atoms with van der Waals surface area (Å²) in [4.78, 5) is 4.40. The predicted molar refractivity (Wildman–Crippen MR) is 55.7 cm³/mol. The molecule has 0 unspecified atom stereocenters. The van der Waals surface area contributed by atoms with Gasteiger partial charge in [0.2, 0.25) is 0 Å². The van der Waals surface area contributed by atoms with Crippen LogP contribution in [0.2, 0.25) is 0 Å². The predicted octanol–water partition coefficient (Wildman–Crippen LogP) is 3.19. The Morgan fingerprint density at radius 1 is 1.15 bits per heavy atom. The molecule has 0 saturated heterocycles. The van der Waals surface area contributed by atoms with Gasteiger partial charge in [0.1, 0.15) is 0 Å². The molecule has 0 aliphatic heterocycles. The average molecular weight is 171 g/mol. The Balaban J connectivity index is 2.49. The Morgan fingerprint density at radius 3 is 2.69 bits per heavy atom. The van der Waals surface area contributed by atoms with Crippen molar-refractivity contribution in [2.45, 2.75) is 19.8 Å². The van der Waals surface area contributed by atoms with E-state index in [1.165, 1.54) is 16.5 Å². The first-order valence-corrected chi connectivity index (χ1v) is 4.74. The fraction of sp³-hybridized carbons (Fsp3) is 0.250. The first kappa shape index (κ1) is 8.24. The van der Waals surface area contributed by atoms with E-state index in [1.54, 1.807) is 0 Å². The normalized spacial score (nSPS) is 10.5. The summed E-state index contributed by atoms with van der Waals surface area (Å²) in [7, 11) is 0. The SMILES string of the molecule is CCCc1cc2ccccc2cn1. The minimum Gasteiger partial charge on any atom is -0.261 e. The third-order valence-corrected chi connectivity index (χ3v) is 2.19. The molecule has 0 aliphatic carbocycles. The lowest BCUT2D eigenvalue weighted by atomic mass is 10.1. The molecule has 0 radical (unpaired) electrons. The summed E-state index contributed by atoms with van der Waals surface area (Å²) in [6.07, 6.45) is 4.19. The molecule has 0 atom stereocenters. The Hall–Kier alpha value is -1.37. The minimum absolute atomic E-state index is 1.07. The van der Waals surface area contributed by atoms with Gasteiger partial charge in [-0.15, -0.1) is 0 Å². The van der Waals surface area contributed by atoms with Gasteiger partial charge < -0.3 is 0 Å². The molecule has 0 bridgehead atoms. The van der Waals surface area contributed by atoms with Crippen LogP contribution in [0.25, 0.3) is 10.8 Å². The smallest absolute Gasteiger partial charge is 0.0409 e. The maximum atomic E-state index is 4.40. The fourth-order valence-corrected chi connectivity index (χ4v) is 1.52. The molecule has 13 heavy (non-hydrogen) atoms. The van der Waals surface area contributed by atoms with E-state index in [2.05, 4.69) is 36.2 Å². The van der Waals surface area contributed by atoms with Gasteiger partial charge in [-0.3, -0.25) is 4.98 Å². The first-order chi connectivity index (χ1) is 6.40. The summed E-state index contributed by atoms with van der Waals surface area (Å²) in [5.74, 6) is 0. The van der Waals surface area contributed by atoms with Gasteiger partial charge in [0, 0.05) is 17.3 Å². The first-order valence-electron chi connectivity index (χ1n) is 4.74. The number of hydrogen-bond donors (Lipinski definition) is 0. The van der Waals surface area contributed by atoms with Gasteiger partial charge in [-0.1, -0.05) is 37.6 Å². The van der Waals surface area contributed by atoms with Gasteiger partial charge in [0.15, 0.2) is 0 Å². The van der Waals surface area contributed by atoms with Gasteiger partial charge >= 0.3 is 0 Å². The van der Waals surface area contributed by atoms with E-state index in [9.17, 15) is 0 Å². The zero-order chi connectivity index (χ0) is 9.10. The van der Waals surface area contributed by atoms with Crippen molar-refractivity contribution < 1.29 is 0 Å². The highest BCUT2D eigenvalue weighted by Crippen LogP contribution is 2.13. The second-order valence-corrected chi connectivity index (χ2v) is 3.27. The van der Waals surface area contributed by atoms with Crippen LogP contribution in [0.1, 0.15) is 19.0 Å². The molecule has 2 rings (SSSR count). The lowest BCUT2D eigenvalue weighted by molar-refractivity contribution is 0.886. The molecule has 1 aromatic heterocycles. The van der Waals surface area contributed by atoms with E-state index in [-0.39, 0.29) is 0 Å². The Morgan fingerprint density at radius 2 is 1.92 bits per heavy atom. The quantitative estimate of drug-likeness (QED) is 0.676. The monoisotopic (exact) mass is 171 g/mol.